The molecule has 0 radical (unpaired) electrons. The lowest BCUT2D eigenvalue weighted by molar-refractivity contribution is -0.117. The van der Waals surface area contributed by atoms with Crippen LogP contribution < -0.4 is 11.0 Å². The maximum absolute atomic E-state index is 13.5. The summed E-state index contributed by atoms with van der Waals surface area (Å²) >= 11 is 0. The van der Waals surface area contributed by atoms with Crippen molar-refractivity contribution in [2.24, 2.45) is 0 Å². The summed E-state index contributed by atoms with van der Waals surface area (Å²) in [6, 6.07) is 6.44. The molecule has 0 aliphatic carbocycles. The van der Waals surface area contributed by atoms with E-state index in [1.165, 1.54) is 10.6 Å². The lowest BCUT2D eigenvalue weighted by Gasteiger charge is -2.06. The number of amides is 1. The third-order valence-corrected chi connectivity index (χ3v) is 3.09. The van der Waals surface area contributed by atoms with Crippen molar-refractivity contribution < 1.29 is 18.0 Å². The Labute approximate surface area is 126 Å². The largest absolute Gasteiger partial charge is 0.350 e. The van der Waals surface area contributed by atoms with Gasteiger partial charge in [-0.25, -0.2) is 22.6 Å². The zero-order valence-electron chi connectivity index (χ0n) is 11.5. The molecule has 0 saturated carbocycles. The van der Waals surface area contributed by atoms with Crippen LogP contribution in [0.5, 0.6) is 0 Å². The van der Waals surface area contributed by atoms with Gasteiger partial charge in [0.05, 0.1) is 5.69 Å². The molecule has 23 heavy (non-hydrogen) atoms. The van der Waals surface area contributed by atoms with Gasteiger partial charge in [-0.1, -0.05) is 6.07 Å². The molecule has 118 valence electrons. The first-order valence-corrected chi connectivity index (χ1v) is 6.45. The molecule has 9 heteroatoms. The fourth-order valence-corrected chi connectivity index (χ4v) is 2.02. The van der Waals surface area contributed by atoms with E-state index in [4.69, 9.17) is 0 Å². The van der Waals surface area contributed by atoms with Gasteiger partial charge in [0.25, 0.3) is 0 Å². The molecule has 0 unspecified atom stereocenters. The van der Waals surface area contributed by atoms with E-state index in [2.05, 4.69) is 10.4 Å². The second-order valence-electron chi connectivity index (χ2n) is 4.64. The number of rotatable bonds is 3. The number of nitrogens with zero attached hydrogens (tertiary/aromatic N) is 3. The van der Waals surface area contributed by atoms with Crippen LogP contribution in [0.3, 0.4) is 0 Å². The van der Waals surface area contributed by atoms with Crippen molar-refractivity contribution >= 4 is 17.2 Å². The fraction of sp³-hybridized carbons (Fsp3) is 0.0714. The van der Waals surface area contributed by atoms with E-state index in [-0.39, 0.29) is 0 Å². The number of benzene rings is 1. The topological polar surface area (TPSA) is 68.4 Å². The lowest BCUT2D eigenvalue weighted by Crippen LogP contribution is -2.28. The highest BCUT2D eigenvalue weighted by Gasteiger charge is 2.16. The van der Waals surface area contributed by atoms with Gasteiger partial charge in [-0.15, -0.1) is 5.10 Å². The molecule has 0 aliphatic heterocycles. The molecule has 1 aromatic carbocycles. The molecular weight excluding hydrogens is 313 g/mol. The Morgan fingerprint density at radius 2 is 1.91 bits per heavy atom. The highest BCUT2D eigenvalue weighted by molar-refractivity contribution is 5.90. The summed E-state index contributed by atoms with van der Waals surface area (Å²) in [5.74, 6) is -5.37. The number of halogens is 3. The number of pyridine rings is 1. The highest BCUT2D eigenvalue weighted by Crippen LogP contribution is 2.19. The third-order valence-electron chi connectivity index (χ3n) is 3.09. The SMILES string of the molecule is O=C(Cn1nc2ccccn2c1=O)Nc1ccc(F)c(F)c1F. The first kappa shape index (κ1) is 14.8. The fourth-order valence-electron chi connectivity index (χ4n) is 2.02. The Bertz CT molecular complexity index is 964. The molecular formula is C14H9F3N4O2. The van der Waals surface area contributed by atoms with Crippen LogP contribution in [-0.2, 0) is 11.3 Å². The average molecular weight is 322 g/mol. The van der Waals surface area contributed by atoms with E-state index < -0.39 is 41.3 Å². The summed E-state index contributed by atoms with van der Waals surface area (Å²) in [4.78, 5) is 23.8. The van der Waals surface area contributed by atoms with E-state index in [0.717, 1.165) is 10.7 Å². The third kappa shape index (κ3) is 2.68. The van der Waals surface area contributed by atoms with Crippen molar-refractivity contribution in [2.75, 3.05) is 5.32 Å². The highest BCUT2D eigenvalue weighted by atomic mass is 19.2. The molecule has 0 bridgehead atoms. The summed E-state index contributed by atoms with van der Waals surface area (Å²) in [6.07, 6.45) is 1.48. The molecule has 3 rings (SSSR count). The molecule has 2 heterocycles. The minimum Gasteiger partial charge on any atom is -0.322 e. The van der Waals surface area contributed by atoms with Gasteiger partial charge in [-0.3, -0.25) is 9.20 Å². The molecule has 1 amide bonds. The molecule has 1 N–H and O–H groups in total. The van der Waals surface area contributed by atoms with Crippen molar-refractivity contribution in [2.45, 2.75) is 6.54 Å². The first-order valence-electron chi connectivity index (χ1n) is 6.45. The van der Waals surface area contributed by atoms with Crippen molar-refractivity contribution in [3.63, 3.8) is 0 Å². The predicted octanol–water partition coefficient (Wildman–Crippen LogP) is 1.55. The zero-order chi connectivity index (χ0) is 16.6. The van der Waals surface area contributed by atoms with Gasteiger partial charge >= 0.3 is 5.69 Å². The monoisotopic (exact) mass is 322 g/mol. The first-order chi connectivity index (χ1) is 11.0. The Kier molecular flexibility index (Phi) is 3.61. The van der Waals surface area contributed by atoms with Gasteiger partial charge in [0, 0.05) is 6.20 Å². The molecule has 0 fully saturated rings. The van der Waals surface area contributed by atoms with Crippen LogP contribution in [-0.4, -0.2) is 20.1 Å². The quantitative estimate of drug-likeness (QED) is 0.744. The number of carbonyl (C=O) groups excluding carboxylic acids is 1. The van der Waals surface area contributed by atoms with Gasteiger partial charge in [0.2, 0.25) is 5.91 Å². The standard InChI is InChI=1S/C14H9F3N4O2/c15-8-4-5-9(13(17)12(8)16)18-11(22)7-21-14(23)20-6-2-1-3-10(20)19-21/h1-6H,7H2,(H,18,22). The van der Waals surface area contributed by atoms with E-state index in [9.17, 15) is 22.8 Å². The van der Waals surface area contributed by atoms with Gasteiger partial charge in [0.15, 0.2) is 23.1 Å². The van der Waals surface area contributed by atoms with E-state index in [1.807, 2.05) is 0 Å². The van der Waals surface area contributed by atoms with Gasteiger partial charge in [0.1, 0.15) is 6.54 Å². The van der Waals surface area contributed by atoms with Crippen LogP contribution >= 0.6 is 0 Å². The van der Waals surface area contributed by atoms with E-state index >= 15 is 0 Å². The van der Waals surface area contributed by atoms with Crippen LogP contribution in [0.25, 0.3) is 5.65 Å². The number of anilines is 1. The van der Waals surface area contributed by atoms with Crippen molar-refractivity contribution in [3.05, 3.63) is 64.5 Å². The summed E-state index contributed by atoms with van der Waals surface area (Å²) in [6.45, 7) is -0.501. The summed E-state index contributed by atoms with van der Waals surface area (Å²) in [5, 5.41) is 6.00. The number of hydrogen-bond acceptors (Lipinski definition) is 3. The van der Waals surface area contributed by atoms with Gasteiger partial charge in [-0.2, -0.15) is 0 Å². The minimum absolute atomic E-state index is 0.337. The van der Waals surface area contributed by atoms with Crippen molar-refractivity contribution in [1.29, 1.82) is 0 Å². The van der Waals surface area contributed by atoms with Gasteiger partial charge < -0.3 is 5.32 Å². The number of carbonyl (C=O) groups is 1. The summed E-state index contributed by atoms with van der Waals surface area (Å²) < 4.78 is 41.5. The Morgan fingerprint density at radius 1 is 1.13 bits per heavy atom. The molecule has 3 aromatic rings. The molecule has 2 aromatic heterocycles. The van der Waals surface area contributed by atoms with E-state index in [0.29, 0.717) is 11.7 Å². The van der Waals surface area contributed by atoms with Crippen LogP contribution in [0.1, 0.15) is 0 Å². The second kappa shape index (κ2) is 5.59. The Hall–Kier alpha value is -3.10. The van der Waals surface area contributed by atoms with Crippen molar-refractivity contribution in [1.82, 2.24) is 14.2 Å². The lowest BCUT2D eigenvalue weighted by atomic mass is 10.2. The molecule has 0 spiro atoms. The maximum atomic E-state index is 13.5. The molecule has 6 nitrogen and oxygen atoms in total. The number of hydrogen-bond donors (Lipinski definition) is 1. The Morgan fingerprint density at radius 3 is 2.65 bits per heavy atom. The zero-order valence-corrected chi connectivity index (χ0v) is 11.5. The number of aromatic nitrogens is 3. The summed E-state index contributed by atoms with van der Waals surface area (Å²) in [5.41, 5.74) is -0.739. The van der Waals surface area contributed by atoms with E-state index in [1.54, 1.807) is 18.2 Å². The second-order valence-corrected chi connectivity index (χ2v) is 4.64. The Balaban J connectivity index is 1.83. The number of fused-ring (bicyclic) bond motifs is 1. The number of nitrogens with one attached hydrogen (secondary N) is 1. The van der Waals surface area contributed by atoms with Gasteiger partial charge in [-0.05, 0) is 24.3 Å². The van der Waals surface area contributed by atoms with Crippen LogP contribution in [0.2, 0.25) is 0 Å². The van der Waals surface area contributed by atoms with Crippen LogP contribution in [0.15, 0.2) is 41.3 Å². The maximum Gasteiger partial charge on any atom is 0.350 e. The van der Waals surface area contributed by atoms with Crippen LogP contribution in [0.4, 0.5) is 18.9 Å². The van der Waals surface area contributed by atoms with Crippen molar-refractivity contribution in [3.8, 4) is 0 Å². The summed E-state index contributed by atoms with van der Waals surface area (Å²) in [7, 11) is 0. The smallest absolute Gasteiger partial charge is 0.322 e. The average Bonchev–Trinajstić information content (AvgIpc) is 2.84. The normalized spacial score (nSPS) is 10.9. The minimum atomic E-state index is -1.69. The molecule has 0 atom stereocenters. The molecule has 0 saturated heterocycles. The molecule has 0 aliphatic rings. The van der Waals surface area contributed by atoms with Crippen LogP contribution in [0, 0.1) is 17.5 Å². The predicted molar refractivity (Wildman–Crippen MR) is 74.4 cm³/mol.